The van der Waals surface area contributed by atoms with Crippen molar-refractivity contribution >= 4 is 39.5 Å². The van der Waals surface area contributed by atoms with Gasteiger partial charge in [0.15, 0.2) is 0 Å². The number of hydrogen-bond donors (Lipinski definition) is 2. The minimum Gasteiger partial charge on any atom is -0.481 e. The third-order valence-corrected chi connectivity index (χ3v) is 4.52. The third-order valence-electron chi connectivity index (χ3n) is 3.85. The van der Waals surface area contributed by atoms with Crippen LogP contribution in [0.25, 0.3) is 22.2 Å². The number of aryl methyl sites for hydroxylation is 2. The van der Waals surface area contributed by atoms with Crippen molar-refractivity contribution in [2.45, 2.75) is 20.3 Å². The number of hydrogen-bond acceptors (Lipinski definition) is 1. The van der Waals surface area contributed by atoms with Crippen LogP contribution in [0.1, 0.15) is 16.7 Å². The summed E-state index contributed by atoms with van der Waals surface area (Å²) in [4.78, 5) is 14.7. The zero-order valence-corrected chi connectivity index (χ0v) is 14.6. The first-order chi connectivity index (χ1) is 10.5. The van der Waals surface area contributed by atoms with Crippen molar-refractivity contribution in [1.29, 1.82) is 0 Å². The normalized spacial score (nSPS) is 11.0. The van der Waals surface area contributed by atoms with Gasteiger partial charge in [0.25, 0.3) is 0 Å². The Morgan fingerprint density at radius 2 is 1.95 bits per heavy atom. The molecule has 0 unspecified atom stereocenters. The lowest BCUT2D eigenvalue weighted by Gasteiger charge is -2.08. The van der Waals surface area contributed by atoms with Crippen molar-refractivity contribution in [3.8, 4) is 11.3 Å². The molecule has 3 nitrogen and oxygen atoms in total. The van der Waals surface area contributed by atoms with Crippen LogP contribution in [0, 0.1) is 17.4 Å². The van der Waals surface area contributed by atoms with E-state index in [9.17, 15) is 9.90 Å². The van der Waals surface area contributed by atoms with E-state index in [4.69, 9.17) is 0 Å². The van der Waals surface area contributed by atoms with Gasteiger partial charge in [0.05, 0.1) is 12.1 Å². The number of carboxylic acid groups (broad SMARTS) is 1. The molecule has 4 heteroatoms. The van der Waals surface area contributed by atoms with Gasteiger partial charge in [-0.05, 0) is 65.8 Å². The van der Waals surface area contributed by atoms with Crippen molar-refractivity contribution in [1.82, 2.24) is 4.98 Å². The molecule has 1 aromatic heterocycles. The number of carboxylic acids is 1. The molecule has 0 amide bonds. The number of H-pyrrole nitrogens is 1. The number of carbonyl (C=O) groups is 1. The molecule has 0 saturated heterocycles. The summed E-state index contributed by atoms with van der Waals surface area (Å²) < 4.78 is 1.10. The van der Waals surface area contributed by atoms with E-state index in [1.165, 1.54) is 5.56 Å². The van der Waals surface area contributed by atoms with Crippen LogP contribution >= 0.6 is 22.6 Å². The van der Waals surface area contributed by atoms with Gasteiger partial charge in [-0.2, -0.15) is 0 Å². The molecule has 0 aliphatic rings. The molecule has 0 atom stereocenters. The fourth-order valence-corrected chi connectivity index (χ4v) is 3.37. The summed E-state index contributed by atoms with van der Waals surface area (Å²) in [6.45, 7) is 4.12. The van der Waals surface area contributed by atoms with E-state index in [1.54, 1.807) is 0 Å². The van der Waals surface area contributed by atoms with Gasteiger partial charge in [0, 0.05) is 20.0 Å². The van der Waals surface area contributed by atoms with Gasteiger partial charge in [-0.3, -0.25) is 4.79 Å². The average molecular weight is 405 g/mol. The van der Waals surface area contributed by atoms with E-state index in [1.807, 2.05) is 18.2 Å². The molecule has 0 saturated carbocycles. The van der Waals surface area contributed by atoms with Crippen molar-refractivity contribution in [3.05, 3.63) is 56.7 Å². The minimum absolute atomic E-state index is 0.0166. The number of rotatable bonds is 3. The Morgan fingerprint density at radius 3 is 2.64 bits per heavy atom. The summed E-state index contributed by atoms with van der Waals surface area (Å²) >= 11 is 2.25. The zero-order chi connectivity index (χ0) is 15.9. The van der Waals surface area contributed by atoms with Gasteiger partial charge in [-0.15, -0.1) is 0 Å². The fraction of sp³-hybridized carbons (Fsp3) is 0.167. The molecule has 0 spiro atoms. The molecular formula is C18H16INO2. The van der Waals surface area contributed by atoms with Crippen LogP contribution in [-0.2, 0) is 11.2 Å². The molecule has 0 aliphatic heterocycles. The Morgan fingerprint density at radius 1 is 1.18 bits per heavy atom. The lowest BCUT2D eigenvalue weighted by atomic mass is 9.98. The second kappa shape index (κ2) is 5.76. The number of aromatic nitrogens is 1. The maximum atomic E-state index is 11.3. The maximum absolute atomic E-state index is 11.3. The van der Waals surface area contributed by atoms with Crippen molar-refractivity contribution in [2.75, 3.05) is 0 Å². The first-order valence-corrected chi connectivity index (χ1v) is 8.13. The zero-order valence-electron chi connectivity index (χ0n) is 12.4. The number of aliphatic carboxylic acids is 1. The Bertz CT molecular complexity index is 880. The predicted molar refractivity (Wildman–Crippen MR) is 97.3 cm³/mol. The number of fused-ring (bicyclic) bond motifs is 1. The Hall–Kier alpha value is -1.82. The first kappa shape index (κ1) is 15.1. The third kappa shape index (κ3) is 2.75. The molecule has 0 radical (unpaired) electrons. The Kier molecular flexibility index (Phi) is 3.95. The molecule has 112 valence electrons. The van der Waals surface area contributed by atoms with Crippen LogP contribution in [-0.4, -0.2) is 16.1 Å². The summed E-state index contributed by atoms with van der Waals surface area (Å²) in [5.74, 6) is -0.814. The number of halogens is 1. The summed E-state index contributed by atoms with van der Waals surface area (Å²) in [7, 11) is 0. The molecule has 3 rings (SSSR count). The van der Waals surface area contributed by atoms with Gasteiger partial charge in [-0.1, -0.05) is 23.8 Å². The van der Waals surface area contributed by atoms with E-state index < -0.39 is 5.97 Å². The van der Waals surface area contributed by atoms with Crippen molar-refractivity contribution < 1.29 is 9.90 Å². The van der Waals surface area contributed by atoms with Crippen LogP contribution < -0.4 is 0 Å². The highest BCUT2D eigenvalue weighted by molar-refractivity contribution is 14.1. The highest BCUT2D eigenvalue weighted by Gasteiger charge is 2.17. The summed E-state index contributed by atoms with van der Waals surface area (Å²) in [6.07, 6.45) is 0.0166. The molecule has 22 heavy (non-hydrogen) atoms. The van der Waals surface area contributed by atoms with Gasteiger partial charge in [0.1, 0.15) is 0 Å². The quantitative estimate of drug-likeness (QED) is 0.622. The highest BCUT2D eigenvalue weighted by atomic mass is 127. The van der Waals surface area contributed by atoms with Crippen LogP contribution in [0.4, 0.5) is 0 Å². The standard InChI is InChI=1S/C18H16INO2/c1-10-3-5-13(11(2)7-10)18-15(9-17(21)22)14-8-12(19)4-6-16(14)20-18/h3-8,20H,9H2,1-2H3,(H,21,22). The van der Waals surface area contributed by atoms with E-state index >= 15 is 0 Å². The van der Waals surface area contributed by atoms with Crippen molar-refractivity contribution in [2.24, 2.45) is 0 Å². The molecule has 3 aromatic rings. The van der Waals surface area contributed by atoms with Gasteiger partial charge < -0.3 is 10.1 Å². The molecule has 1 heterocycles. The van der Waals surface area contributed by atoms with Crippen LogP contribution in [0.5, 0.6) is 0 Å². The first-order valence-electron chi connectivity index (χ1n) is 7.05. The second-order valence-electron chi connectivity index (χ2n) is 5.56. The highest BCUT2D eigenvalue weighted by Crippen LogP contribution is 2.33. The van der Waals surface area contributed by atoms with Crippen LogP contribution in [0.3, 0.4) is 0 Å². The average Bonchev–Trinajstić information content (AvgIpc) is 2.76. The van der Waals surface area contributed by atoms with E-state index in [-0.39, 0.29) is 6.42 Å². The second-order valence-corrected chi connectivity index (χ2v) is 6.80. The molecule has 0 bridgehead atoms. The summed E-state index contributed by atoms with van der Waals surface area (Å²) in [5, 5.41) is 10.3. The topological polar surface area (TPSA) is 53.1 Å². The lowest BCUT2D eigenvalue weighted by molar-refractivity contribution is -0.136. The number of nitrogens with one attached hydrogen (secondary N) is 1. The van der Waals surface area contributed by atoms with E-state index in [2.05, 4.69) is 59.6 Å². The monoisotopic (exact) mass is 405 g/mol. The summed E-state index contributed by atoms with van der Waals surface area (Å²) in [5.41, 5.74) is 6.16. The number of benzene rings is 2. The van der Waals surface area contributed by atoms with Crippen LogP contribution in [0.2, 0.25) is 0 Å². The molecule has 0 fully saturated rings. The van der Waals surface area contributed by atoms with Crippen LogP contribution in [0.15, 0.2) is 36.4 Å². The Balaban J connectivity index is 2.30. The lowest BCUT2D eigenvalue weighted by Crippen LogP contribution is -2.01. The maximum Gasteiger partial charge on any atom is 0.307 e. The predicted octanol–water partition coefficient (Wildman–Crippen LogP) is 4.68. The largest absolute Gasteiger partial charge is 0.481 e. The molecule has 2 aromatic carbocycles. The van der Waals surface area contributed by atoms with Crippen molar-refractivity contribution in [3.63, 3.8) is 0 Å². The van der Waals surface area contributed by atoms with Gasteiger partial charge in [0.2, 0.25) is 0 Å². The molecule has 0 aliphatic carbocycles. The van der Waals surface area contributed by atoms with Gasteiger partial charge in [-0.25, -0.2) is 0 Å². The molecular weight excluding hydrogens is 389 g/mol. The van der Waals surface area contributed by atoms with Gasteiger partial charge >= 0.3 is 5.97 Å². The Labute approximate surface area is 142 Å². The minimum atomic E-state index is -0.814. The van der Waals surface area contributed by atoms with E-state index in [0.717, 1.165) is 36.9 Å². The van der Waals surface area contributed by atoms with E-state index in [0.29, 0.717) is 0 Å². The number of aromatic amines is 1. The SMILES string of the molecule is Cc1ccc(-c2[nH]c3ccc(I)cc3c2CC(=O)O)c(C)c1. The fourth-order valence-electron chi connectivity index (χ4n) is 2.88. The smallest absolute Gasteiger partial charge is 0.307 e. The molecule has 2 N–H and O–H groups in total. The summed E-state index contributed by atoms with van der Waals surface area (Å²) in [6, 6.07) is 12.3.